The second-order valence-electron chi connectivity index (χ2n) is 14.4. The molecule has 2 aromatic rings. The smallest absolute Gasteiger partial charge is 0.309 e. The number of benzene rings is 2. The van der Waals surface area contributed by atoms with Crippen molar-refractivity contribution >= 4 is 23.8 Å². The van der Waals surface area contributed by atoms with Gasteiger partial charge >= 0.3 is 11.9 Å². The molecule has 4 atom stereocenters. The lowest BCUT2D eigenvalue weighted by atomic mass is 9.68. The van der Waals surface area contributed by atoms with Crippen molar-refractivity contribution in [2.24, 2.45) is 22.7 Å². The fourth-order valence-electron chi connectivity index (χ4n) is 8.60. The van der Waals surface area contributed by atoms with Crippen LogP contribution in [0.1, 0.15) is 82.3 Å². The van der Waals surface area contributed by atoms with Gasteiger partial charge < -0.3 is 28.7 Å². The highest BCUT2D eigenvalue weighted by molar-refractivity contribution is 5.87. The van der Waals surface area contributed by atoms with E-state index in [4.69, 9.17) is 18.9 Å². The molecule has 49 heavy (non-hydrogen) atoms. The Labute approximate surface area is 289 Å². The van der Waals surface area contributed by atoms with Gasteiger partial charge in [0, 0.05) is 26.2 Å². The van der Waals surface area contributed by atoms with Gasteiger partial charge in [0.2, 0.25) is 11.8 Å². The molecule has 0 aromatic heterocycles. The zero-order valence-electron chi connectivity index (χ0n) is 29.0. The summed E-state index contributed by atoms with van der Waals surface area (Å²) in [5.41, 5.74) is 1.15. The van der Waals surface area contributed by atoms with Crippen LogP contribution in [0.4, 0.5) is 0 Å². The summed E-state index contributed by atoms with van der Waals surface area (Å²) in [6.07, 6.45) is 7.57. The number of amides is 2. The molecule has 2 saturated carbocycles. The predicted octanol–water partition coefficient (Wildman–Crippen LogP) is 5.70. The van der Waals surface area contributed by atoms with Crippen LogP contribution in [0.3, 0.4) is 0 Å². The van der Waals surface area contributed by atoms with Gasteiger partial charge in [-0.25, -0.2) is 0 Å². The lowest BCUT2D eigenvalue weighted by Crippen LogP contribution is -2.40. The van der Waals surface area contributed by atoms with Crippen molar-refractivity contribution in [2.75, 3.05) is 40.0 Å². The van der Waals surface area contributed by atoms with Gasteiger partial charge in [-0.1, -0.05) is 37.1 Å². The van der Waals surface area contributed by atoms with E-state index in [1.54, 1.807) is 7.11 Å². The van der Waals surface area contributed by atoms with Gasteiger partial charge in [-0.05, 0) is 93.7 Å². The van der Waals surface area contributed by atoms with E-state index >= 15 is 0 Å². The first-order chi connectivity index (χ1) is 23.7. The Bertz CT molecular complexity index is 1490. The molecule has 10 nitrogen and oxygen atoms in total. The number of likely N-dealkylation sites (tertiary alicyclic amines) is 2. The Morgan fingerprint density at radius 3 is 1.67 bits per heavy atom. The minimum Gasteiger partial charge on any atom is -0.497 e. The van der Waals surface area contributed by atoms with Gasteiger partial charge in [0.1, 0.15) is 24.7 Å². The lowest BCUT2D eigenvalue weighted by Gasteiger charge is -2.35. The summed E-state index contributed by atoms with van der Waals surface area (Å²) in [5, 5.41) is 0. The first-order valence-corrected chi connectivity index (χ1v) is 18.0. The van der Waals surface area contributed by atoms with Crippen LogP contribution in [0.2, 0.25) is 0 Å². The van der Waals surface area contributed by atoms with Crippen LogP contribution in [0.5, 0.6) is 11.5 Å². The van der Waals surface area contributed by atoms with Crippen molar-refractivity contribution in [3.05, 3.63) is 59.7 Å². The fraction of sp³-hybridized carbons (Fsp3) is 0.590. The normalized spacial score (nSPS) is 26.7. The van der Waals surface area contributed by atoms with Gasteiger partial charge in [0.15, 0.2) is 0 Å². The largest absolute Gasteiger partial charge is 0.497 e. The van der Waals surface area contributed by atoms with E-state index in [1.807, 2.05) is 65.3 Å². The molecule has 0 radical (unpaired) electrons. The maximum Gasteiger partial charge on any atom is 0.309 e. The van der Waals surface area contributed by atoms with Crippen LogP contribution in [-0.2, 0) is 41.7 Å². The summed E-state index contributed by atoms with van der Waals surface area (Å²) in [7, 11) is 1.64. The van der Waals surface area contributed by atoms with Crippen LogP contribution in [0.25, 0.3) is 0 Å². The van der Waals surface area contributed by atoms with Crippen molar-refractivity contribution in [1.82, 2.24) is 9.80 Å². The number of esters is 2. The van der Waals surface area contributed by atoms with Gasteiger partial charge in [0.05, 0.1) is 36.4 Å². The van der Waals surface area contributed by atoms with Crippen LogP contribution in [-0.4, -0.2) is 73.6 Å². The van der Waals surface area contributed by atoms with E-state index in [2.05, 4.69) is 0 Å². The Morgan fingerprint density at radius 1 is 0.694 bits per heavy atom. The number of hydrogen-bond acceptors (Lipinski definition) is 8. The molecular formula is C39H50N2O8. The average molecular weight is 675 g/mol. The summed E-state index contributed by atoms with van der Waals surface area (Å²) in [6.45, 7) is 5.02. The van der Waals surface area contributed by atoms with Crippen molar-refractivity contribution in [2.45, 2.75) is 84.2 Å². The third kappa shape index (κ3) is 7.73. The second-order valence-corrected chi connectivity index (χ2v) is 14.4. The van der Waals surface area contributed by atoms with E-state index in [0.717, 1.165) is 68.2 Å². The summed E-state index contributed by atoms with van der Waals surface area (Å²) in [4.78, 5) is 56.3. The highest BCUT2D eigenvalue weighted by Crippen LogP contribution is 2.49. The van der Waals surface area contributed by atoms with Crippen molar-refractivity contribution in [3.8, 4) is 11.5 Å². The molecule has 2 aliphatic heterocycles. The molecule has 2 spiro atoms. The maximum absolute atomic E-state index is 13.6. The van der Waals surface area contributed by atoms with E-state index in [9.17, 15) is 19.2 Å². The molecule has 264 valence electrons. The molecule has 0 unspecified atom stereocenters. The molecule has 2 amide bonds. The topological polar surface area (TPSA) is 112 Å². The van der Waals surface area contributed by atoms with E-state index in [1.165, 1.54) is 0 Å². The second kappa shape index (κ2) is 15.2. The highest BCUT2D eigenvalue weighted by Gasteiger charge is 2.51. The third-order valence-corrected chi connectivity index (χ3v) is 11.3. The standard InChI is InChI=1S/C39H50N2O8/c1-3-47-34(42)30-6-4-16-38(24-30)18-20-41(36(38)44)27-29-10-14-33(15-11-29)48-22-23-49-35(43)31-7-5-17-39(25-31)19-21-40(37(39)45)26-28-8-12-32(46-2)13-9-28/h8-15,30-31H,3-7,16-27H2,1-2H3/t30-,31-,38-,39-/m0/s1. The van der Waals surface area contributed by atoms with Gasteiger partial charge in [-0.3, -0.25) is 19.2 Å². The number of hydrogen-bond donors (Lipinski definition) is 0. The van der Waals surface area contributed by atoms with Gasteiger partial charge in [-0.2, -0.15) is 0 Å². The summed E-state index contributed by atoms with van der Waals surface area (Å²) < 4.78 is 22.0. The predicted molar refractivity (Wildman–Crippen MR) is 181 cm³/mol. The molecule has 2 saturated heterocycles. The highest BCUT2D eigenvalue weighted by atomic mass is 16.6. The van der Waals surface area contributed by atoms with E-state index in [-0.39, 0.29) is 48.8 Å². The quantitative estimate of drug-likeness (QED) is 0.208. The summed E-state index contributed by atoms with van der Waals surface area (Å²) in [5.74, 6) is 0.861. The Morgan fingerprint density at radius 2 is 1.18 bits per heavy atom. The molecule has 0 N–H and O–H groups in total. The Hall–Kier alpha value is -4.08. The molecule has 6 rings (SSSR count). The zero-order chi connectivity index (χ0) is 34.4. The molecular weight excluding hydrogens is 624 g/mol. The number of ether oxygens (including phenoxy) is 4. The monoisotopic (exact) mass is 674 g/mol. The van der Waals surface area contributed by atoms with Crippen LogP contribution in [0.15, 0.2) is 48.5 Å². The SMILES string of the molecule is CCOC(=O)[C@H]1CCC[C@]2(CCN(Cc3ccc(OCCOC(=O)[C@H]4CCC[C@]5(CCN(Cc6ccc(OC)cc6)C5=O)C4)cc3)C2=O)C1. The molecule has 2 heterocycles. The fourth-order valence-corrected chi connectivity index (χ4v) is 8.60. The van der Waals surface area contributed by atoms with E-state index in [0.29, 0.717) is 51.4 Å². The number of rotatable bonds is 12. The molecule has 4 aliphatic rings. The van der Waals surface area contributed by atoms with Crippen LogP contribution in [0, 0.1) is 22.7 Å². The minimum absolute atomic E-state index is 0.138. The van der Waals surface area contributed by atoms with Gasteiger partial charge in [-0.15, -0.1) is 0 Å². The Kier molecular flexibility index (Phi) is 10.8. The third-order valence-electron chi connectivity index (χ3n) is 11.3. The number of carbonyl (C=O) groups is 4. The molecule has 10 heteroatoms. The van der Waals surface area contributed by atoms with Crippen molar-refractivity contribution in [3.63, 3.8) is 0 Å². The number of nitrogens with zero attached hydrogens (tertiary/aromatic N) is 2. The molecule has 0 bridgehead atoms. The van der Waals surface area contributed by atoms with Gasteiger partial charge in [0.25, 0.3) is 0 Å². The molecule has 4 fully saturated rings. The van der Waals surface area contributed by atoms with E-state index < -0.39 is 10.8 Å². The number of carbonyl (C=O) groups excluding carboxylic acids is 4. The minimum atomic E-state index is -0.478. The summed E-state index contributed by atoms with van der Waals surface area (Å²) in [6, 6.07) is 15.5. The molecule has 2 aromatic carbocycles. The summed E-state index contributed by atoms with van der Waals surface area (Å²) >= 11 is 0. The van der Waals surface area contributed by atoms with Crippen molar-refractivity contribution in [1.29, 1.82) is 0 Å². The average Bonchev–Trinajstić information content (AvgIpc) is 3.57. The van der Waals surface area contributed by atoms with Crippen LogP contribution >= 0.6 is 0 Å². The maximum atomic E-state index is 13.6. The lowest BCUT2D eigenvalue weighted by molar-refractivity contribution is -0.154. The first-order valence-electron chi connectivity index (χ1n) is 18.0. The molecule has 2 aliphatic carbocycles. The Balaban J connectivity index is 0.924. The zero-order valence-corrected chi connectivity index (χ0v) is 29.0. The van der Waals surface area contributed by atoms with Crippen molar-refractivity contribution < 1.29 is 38.1 Å². The first kappa shape index (κ1) is 34.8. The van der Waals surface area contributed by atoms with Crippen LogP contribution < -0.4 is 9.47 Å². The number of methoxy groups -OCH3 is 1.